The van der Waals surface area contributed by atoms with Gasteiger partial charge < -0.3 is 5.32 Å². The van der Waals surface area contributed by atoms with Crippen LogP contribution in [0, 0.1) is 6.92 Å². The van der Waals surface area contributed by atoms with Gasteiger partial charge in [-0.05, 0) is 43.9 Å². The Labute approximate surface area is 119 Å². The summed E-state index contributed by atoms with van der Waals surface area (Å²) in [6.07, 6.45) is 4.65. The van der Waals surface area contributed by atoms with Crippen LogP contribution in [0.25, 0.3) is 0 Å². The van der Waals surface area contributed by atoms with Crippen LogP contribution in [0.4, 0.5) is 0 Å². The molecule has 1 N–H and O–H groups in total. The van der Waals surface area contributed by atoms with Gasteiger partial charge in [-0.2, -0.15) is 0 Å². The van der Waals surface area contributed by atoms with Crippen molar-refractivity contribution >= 4 is 10.8 Å². The highest BCUT2D eigenvalue weighted by Crippen LogP contribution is 2.25. The number of rotatable bonds is 5. The second-order valence-corrected chi connectivity index (χ2v) is 7.21. The standard InChI is InChI=1S/C16H25NOS/c1-3-17-15-9-6-10-16(11-15)19(18)12-14-8-5-4-7-13(14)2/h4-5,7-8,15-17H,3,6,9-12H2,1-2H3. The molecule has 0 radical (unpaired) electrons. The maximum atomic E-state index is 12.6. The van der Waals surface area contributed by atoms with Gasteiger partial charge in [0, 0.05) is 27.8 Å². The highest BCUT2D eigenvalue weighted by molar-refractivity contribution is 7.84. The minimum absolute atomic E-state index is 0.373. The van der Waals surface area contributed by atoms with Crippen molar-refractivity contribution in [3.63, 3.8) is 0 Å². The zero-order valence-corrected chi connectivity index (χ0v) is 12.8. The van der Waals surface area contributed by atoms with Gasteiger partial charge in [0.05, 0.1) is 0 Å². The molecule has 1 aliphatic carbocycles. The average molecular weight is 279 g/mol. The monoisotopic (exact) mass is 279 g/mol. The van der Waals surface area contributed by atoms with Gasteiger partial charge in [-0.3, -0.25) is 4.21 Å². The molecule has 0 saturated heterocycles. The molecule has 19 heavy (non-hydrogen) atoms. The van der Waals surface area contributed by atoms with Gasteiger partial charge in [0.1, 0.15) is 0 Å². The molecule has 1 aromatic rings. The van der Waals surface area contributed by atoms with E-state index in [9.17, 15) is 4.21 Å². The van der Waals surface area contributed by atoms with Gasteiger partial charge in [-0.1, -0.05) is 37.6 Å². The van der Waals surface area contributed by atoms with Crippen molar-refractivity contribution in [2.24, 2.45) is 0 Å². The summed E-state index contributed by atoms with van der Waals surface area (Å²) in [5.74, 6) is 0.718. The van der Waals surface area contributed by atoms with E-state index in [2.05, 4.69) is 31.3 Å². The molecule has 0 aromatic heterocycles. The van der Waals surface area contributed by atoms with E-state index in [1.54, 1.807) is 0 Å². The molecule has 1 saturated carbocycles. The van der Waals surface area contributed by atoms with Gasteiger partial charge in [0.2, 0.25) is 0 Å². The van der Waals surface area contributed by atoms with Crippen LogP contribution in [0.15, 0.2) is 24.3 Å². The molecule has 2 nitrogen and oxygen atoms in total. The van der Waals surface area contributed by atoms with Crippen LogP contribution in [0.3, 0.4) is 0 Å². The van der Waals surface area contributed by atoms with E-state index in [-0.39, 0.29) is 0 Å². The third-order valence-corrected chi connectivity index (χ3v) is 5.82. The average Bonchev–Trinajstić information content (AvgIpc) is 2.42. The molecule has 1 aliphatic rings. The molecule has 0 heterocycles. The molecule has 3 heteroatoms. The van der Waals surface area contributed by atoms with Crippen LogP contribution in [-0.4, -0.2) is 22.0 Å². The first-order chi connectivity index (χ1) is 9.20. The summed E-state index contributed by atoms with van der Waals surface area (Å²) in [4.78, 5) is 0. The molecular formula is C16H25NOS. The summed E-state index contributed by atoms with van der Waals surface area (Å²) < 4.78 is 12.6. The fourth-order valence-corrected chi connectivity index (χ4v) is 4.64. The zero-order valence-electron chi connectivity index (χ0n) is 12.0. The van der Waals surface area contributed by atoms with Crippen molar-refractivity contribution in [1.82, 2.24) is 5.32 Å². The highest BCUT2D eigenvalue weighted by atomic mass is 32.2. The Morgan fingerprint density at radius 3 is 2.84 bits per heavy atom. The van der Waals surface area contributed by atoms with E-state index in [1.807, 2.05) is 12.1 Å². The van der Waals surface area contributed by atoms with E-state index in [0.29, 0.717) is 11.3 Å². The molecule has 1 aromatic carbocycles. The van der Waals surface area contributed by atoms with Gasteiger partial charge in [0.25, 0.3) is 0 Å². The Morgan fingerprint density at radius 1 is 1.32 bits per heavy atom. The lowest BCUT2D eigenvalue weighted by Gasteiger charge is -2.29. The van der Waals surface area contributed by atoms with Crippen molar-refractivity contribution in [3.8, 4) is 0 Å². The van der Waals surface area contributed by atoms with Crippen molar-refractivity contribution in [2.75, 3.05) is 6.54 Å². The van der Waals surface area contributed by atoms with Crippen LogP contribution in [0.2, 0.25) is 0 Å². The number of benzene rings is 1. The molecule has 3 atom stereocenters. The third kappa shape index (κ3) is 4.15. The van der Waals surface area contributed by atoms with Crippen LogP contribution in [0.1, 0.15) is 43.7 Å². The van der Waals surface area contributed by atoms with Gasteiger partial charge in [-0.15, -0.1) is 0 Å². The third-order valence-electron chi connectivity index (χ3n) is 4.05. The van der Waals surface area contributed by atoms with Gasteiger partial charge in [0.15, 0.2) is 0 Å². The van der Waals surface area contributed by atoms with E-state index in [0.717, 1.165) is 25.1 Å². The maximum absolute atomic E-state index is 12.6. The van der Waals surface area contributed by atoms with E-state index >= 15 is 0 Å². The largest absolute Gasteiger partial charge is 0.314 e. The van der Waals surface area contributed by atoms with Crippen LogP contribution >= 0.6 is 0 Å². The summed E-state index contributed by atoms with van der Waals surface area (Å²) >= 11 is 0. The predicted octanol–water partition coefficient (Wildman–Crippen LogP) is 3.16. The Hall–Kier alpha value is -0.670. The molecule has 1 fully saturated rings. The minimum atomic E-state index is -0.732. The summed E-state index contributed by atoms with van der Waals surface area (Å²) in [6, 6.07) is 8.88. The van der Waals surface area contributed by atoms with E-state index in [1.165, 1.54) is 24.0 Å². The first-order valence-electron chi connectivity index (χ1n) is 7.35. The van der Waals surface area contributed by atoms with E-state index in [4.69, 9.17) is 0 Å². The number of hydrogen-bond acceptors (Lipinski definition) is 2. The highest BCUT2D eigenvalue weighted by Gasteiger charge is 2.25. The molecular weight excluding hydrogens is 254 g/mol. The second kappa shape index (κ2) is 7.20. The Bertz CT molecular complexity index is 431. The maximum Gasteiger partial charge on any atom is 0.0491 e. The Kier molecular flexibility index (Phi) is 5.59. The van der Waals surface area contributed by atoms with Crippen molar-refractivity contribution in [2.45, 2.75) is 56.6 Å². The molecule has 2 rings (SSSR count). The molecule has 0 aliphatic heterocycles. The lowest BCUT2D eigenvalue weighted by molar-refractivity contribution is 0.383. The number of aryl methyl sites for hydroxylation is 1. The van der Waals surface area contributed by atoms with Crippen molar-refractivity contribution < 1.29 is 4.21 Å². The van der Waals surface area contributed by atoms with Crippen LogP contribution in [0.5, 0.6) is 0 Å². The molecule has 0 amide bonds. The summed E-state index contributed by atoms with van der Waals surface area (Å²) in [6.45, 7) is 5.27. The summed E-state index contributed by atoms with van der Waals surface area (Å²) in [5.41, 5.74) is 2.50. The second-order valence-electron chi connectivity index (χ2n) is 5.49. The van der Waals surface area contributed by atoms with Crippen LogP contribution in [-0.2, 0) is 16.6 Å². The predicted molar refractivity (Wildman–Crippen MR) is 82.7 cm³/mol. The van der Waals surface area contributed by atoms with Crippen molar-refractivity contribution in [1.29, 1.82) is 0 Å². The Balaban J connectivity index is 1.94. The topological polar surface area (TPSA) is 29.1 Å². The minimum Gasteiger partial charge on any atom is -0.314 e. The molecule has 106 valence electrons. The van der Waals surface area contributed by atoms with Crippen molar-refractivity contribution in [3.05, 3.63) is 35.4 Å². The fraction of sp³-hybridized carbons (Fsp3) is 0.625. The SMILES string of the molecule is CCNC1CCCC(S(=O)Cc2ccccc2C)C1. The lowest BCUT2D eigenvalue weighted by Crippen LogP contribution is -2.37. The van der Waals surface area contributed by atoms with Gasteiger partial charge in [-0.25, -0.2) is 0 Å². The van der Waals surface area contributed by atoms with Gasteiger partial charge >= 0.3 is 0 Å². The molecule has 3 unspecified atom stereocenters. The van der Waals surface area contributed by atoms with E-state index < -0.39 is 10.8 Å². The first kappa shape index (κ1) is 14.7. The summed E-state index contributed by atoms with van der Waals surface area (Å²) in [5, 5.41) is 3.88. The number of hydrogen-bond donors (Lipinski definition) is 1. The normalized spacial score (nSPS) is 25.2. The first-order valence-corrected chi connectivity index (χ1v) is 8.74. The number of nitrogens with one attached hydrogen (secondary N) is 1. The van der Waals surface area contributed by atoms with Crippen LogP contribution < -0.4 is 5.32 Å². The zero-order chi connectivity index (χ0) is 13.7. The summed E-state index contributed by atoms with van der Waals surface area (Å²) in [7, 11) is -0.732. The lowest BCUT2D eigenvalue weighted by atomic mass is 9.95. The Morgan fingerprint density at radius 2 is 2.11 bits per heavy atom. The molecule has 0 spiro atoms. The fourth-order valence-electron chi connectivity index (χ4n) is 2.90. The quantitative estimate of drug-likeness (QED) is 0.897. The smallest absolute Gasteiger partial charge is 0.0491 e. The molecule has 0 bridgehead atoms.